The number of aromatic nitrogens is 1. The molecule has 3 rings (SSSR count). The molecule has 1 heterocycles. The molecule has 1 aromatic heterocycles. The molecule has 0 fully saturated rings. The Labute approximate surface area is 128 Å². The number of halogens is 1. The fourth-order valence-electron chi connectivity index (χ4n) is 2.22. The zero-order valence-corrected chi connectivity index (χ0v) is 12.4. The predicted octanol–water partition coefficient (Wildman–Crippen LogP) is 4.36. The van der Waals surface area contributed by atoms with Gasteiger partial charge in [0.1, 0.15) is 18.2 Å². The summed E-state index contributed by atoms with van der Waals surface area (Å²) in [5, 5.41) is 1.75. The van der Waals surface area contributed by atoms with Crippen molar-refractivity contribution in [2.75, 3.05) is 5.73 Å². The molecule has 0 atom stereocenters. The number of hydrogen-bond donors (Lipinski definition) is 1. The maximum atomic E-state index is 6.00. The molecule has 0 aliphatic carbocycles. The van der Waals surface area contributed by atoms with Crippen LogP contribution in [-0.4, -0.2) is 4.98 Å². The average Bonchev–Trinajstić information content (AvgIpc) is 2.46. The summed E-state index contributed by atoms with van der Waals surface area (Å²) in [7, 11) is 0. The molecule has 4 heteroatoms. The third kappa shape index (κ3) is 2.93. The molecule has 0 saturated heterocycles. The number of ether oxygens (including phenoxy) is 1. The van der Waals surface area contributed by atoms with Crippen LogP contribution < -0.4 is 10.5 Å². The number of pyridine rings is 1. The second-order valence-corrected chi connectivity index (χ2v) is 5.36. The third-order valence-corrected chi connectivity index (χ3v) is 3.59. The van der Waals surface area contributed by atoms with Gasteiger partial charge in [0.05, 0.1) is 5.52 Å². The second kappa shape index (κ2) is 5.62. The normalized spacial score (nSPS) is 10.8. The highest BCUT2D eigenvalue weighted by Crippen LogP contribution is 2.24. The first-order chi connectivity index (χ1) is 10.1. The quantitative estimate of drug-likeness (QED) is 0.781. The van der Waals surface area contributed by atoms with Gasteiger partial charge in [-0.15, -0.1) is 0 Å². The van der Waals surface area contributed by atoms with Gasteiger partial charge in [0.25, 0.3) is 0 Å². The van der Waals surface area contributed by atoms with Gasteiger partial charge in [-0.2, -0.15) is 0 Å². The number of nitrogens with zero attached hydrogens (tertiary/aromatic N) is 1. The Bertz CT molecular complexity index is 802. The largest absolute Gasteiger partial charge is 0.488 e. The molecule has 21 heavy (non-hydrogen) atoms. The van der Waals surface area contributed by atoms with Crippen LogP contribution in [0.1, 0.15) is 11.1 Å². The van der Waals surface area contributed by atoms with E-state index in [0.29, 0.717) is 17.4 Å². The summed E-state index contributed by atoms with van der Waals surface area (Å²) >= 11 is 5.94. The van der Waals surface area contributed by atoms with Gasteiger partial charge in [0.2, 0.25) is 0 Å². The Hall–Kier alpha value is -2.26. The summed E-state index contributed by atoms with van der Waals surface area (Å²) in [6, 6.07) is 15.4. The minimum atomic E-state index is 0.381. The third-order valence-electron chi connectivity index (χ3n) is 3.36. The summed E-state index contributed by atoms with van der Waals surface area (Å²) in [5.74, 6) is 1.30. The maximum Gasteiger partial charge on any atom is 0.130 e. The minimum Gasteiger partial charge on any atom is -0.488 e. The lowest BCUT2D eigenvalue weighted by Crippen LogP contribution is -2.03. The van der Waals surface area contributed by atoms with Crippen LogP contribution in [0.2, 0.25) is 5.02 Å². The van der Waals surface area contributed by atoms with Crippen molar-refractivity contribution < 1.29 is 4.74 Å². The Kier molecular flexibility index (Phi) is 3.67. The SMILES string of the molecule is Cc1cc(Cl)ccc1OCc1cc2ccccc2nc1N. The number of nitrogen functional groups attached to an aromatic ring is 1. The van der Waals surface area contributed by atoms with Gasteiger partial charge in [-0.1, -0.05) is 29.8 Å². The number of hydrogen-bond acceptors (Lipinski definition) is 3. The molecule has 0 spiro atoms. The Morgan fingerprint density at radius 3 is 2.76 bits per heavy atom. The highest BCUT2D eigenvalue weighted by molar-refractivity contribution is 6.30. The van der Waals surface area contributed by atoms with Gasteiger partial charge in [0.15, 0.2) is 0 Å². The lowest BCUT2D eigenvalue weighted by atomic mass is 10.1. The van der Waals surface area contributed by atoms with E-state index in [1.54, 1.807) is 0 Å². The smallest absolute Gasteiger partial charge is 0.130 e. The van der Waals surface area contributed by atoms with Gasteiger partial charge in [-0.3, -0.25) is 0 Å². The van der Waals surface area contributed by atoms with Gasteiger partial charge >= 0.3 is 0 Å². The fourth-order valence-corrected chi connectivity index (χ4v) is 2.45. The first-order valence-corrected chi connectivity index (χ1v) is 7.04. The predicted molar refractivity (Wildman–Crippen MR) is 86.7 cm³/mol. The summed E-state index contributed by atoms with van der Waals surface area (Å²) in [6.45, 7) is 2.34. The van der Waals surface area contributed by atoms with Crippen LogP contribution in [0, 0.1) is 6.92 Å². The molecular formula is C17H15ClN2O. The van der Waals surface area contributed by atoms with Crippen molar-refractivity contribution in [3.8, 4) is 5.75 Å². The van der Waals surface area contributed by atoms with Crippen LogP contribution in [0.15, 0.2) is 48.5 Å². The van der Waals surface area contributed by atoms with E-state index in [4.69, 9.17) is 22.1 Å². The van der Waals surface area contributed by atoms with Crippen molar-refractivity contribution >= 4 is 28.3 Å². The van der Waals surface area contributed by atoms with Crippen molar-refractivity contribution in [2.45, 2.75) is 13.5 Å². The lowest BCUT2D eigenvalue weighted by Gasteiger charge is -2.11. The van der Waals surface area contributed by atoms with Crippen molar-refractivity contribution in [1.82, 2.24) is 4.98 Å². The van der Waals surface area contributed by atoms with Gasteiger partial charge in [-0.25, -0.2) is 4.98 Å². The van der Waals surface area contributed by atoms with Crippen LogP contribution in [0.3, 0.4) is 0 Å². The van der Waals surface area contributed by atoms with Crippen LogP contribution in [0.5, 0.6) is 5.75 Å². The summed E-state index contributed by atoms with van der Waals surface area (Å²) in [6.07, 6.45) is 0. The van der Waals surface area contributed by atoms with E-state index in [1.807, 2.05) is 55.5 Å². The van der Waals surface area contributed by atoms with Crippen LogP contribution in [0.4, 0.5) is 5.82 Å². The van der Waals surface area contributed by atoms with E-state index < -0.39 is 0 Å². The molecular weight excluding hydrogens is 284 g/mol. The number of aryl methyl sites for hydroxylation is 1. The standard InChI is InChI=1S/C17H15ClN2O/c1-11-8-14(18)6-7-16(11)21-10-13-9-12-4-2-3-5-15(12)20-17(13)19/h2-9H,10H2,1H3,(H2,19,20). The summed E-state index contributed by atoms with van der Waals surface area (Å²) in [5.41, 5.74) is 8.76. The highest BCUT2D eigenvalue weighted by atomic mass is 35.5. The molecule has 0 aliphatic heterocycles. The number of nitrogens with two attached hydrogens (primary N) is 1. The minimum absolute atomic E-state index is 0.381. The lowest BCUT2D eigenvalue weighted by molar-refractivity contribution is 0.304. The summed E-state index contributed by atoms with van der Waals surface area (Å²) in [4.78, 5) is 4.40. The van der Waals surface area contributed by atoms with Crippen molar-refractivity contribution in [2.24, 2.45) is 0 Å². The van der Waals surface area contributed by atoms with Crippen molar-refractivity contribution in [1.29, 1.82) is 0 Å². The first kappa shape index (κ1) is 13.7. The van der Waals surface area contributed by atoms with Crippen LogP contribution >= 0.6 is 11.6 Å². The van der Waals surface area contributed by atoms with Gasteiger partial charge in [-0.05, 0) is 42.8 Å². The summed E-state index contributed by atoms with van der Waals surface area (Å²) < 4.78 is 5.83. The monoisotopic (exact) mass is 298 g/mol. The number of benzene rings is 2. The number of anilines is 1. The molecule has 0 bridgehead atoms. The van der Waals surface area contributed by atoms with Crippen molar-refractivity contribution in [3.63, 3.8) is 0 Å². The molecule has 0 aliphatic rings. The second-order valence-electron chi connectivity index (χ2n) is 4.92. The Morgan fingerprint density at radius 2 is 1.95 bits per heavy atom. The zero-order valence-electron chi connectivity index (χ0n) is 11.6. The molecule has 0 saturated carbocycles. The molecule has 0 amide bonds. The highest BCUT2D eigenvalue weighted by Gasteiger charge is 2.06. The van der Waals surface area contributed by atoms with E-state index in [-0.39, 0.29) is 0 Å². The zero-order chi connectivity index (χ0) is 14.8. The molecule has 3 aromatic rings. The Balaban J connectivity index is 1.86. The van der Waals surface area contributed by atoms with Crippen LogP contribution in [-0.2, 0) is 6.61 Å². The van der Waals surface area contributed by atoms with E-state index in [9.17, 15) is 0 Å². The van der Waals surface area contributed by atoms with Gasteiger partial charge in [0, 0.05) is 16.0 Å². The fraction of sp³-hybridized carbons (Fsp3) is 0.118. The molecule has 0 radical (unpaired) electrons. The van der Waals surface area contributed by atoms with Crippen LogP contribution in [0.25, 0.3) is 10.9 Å². The molecule has 0 unspecified atom stereocenters. The molecule has 106 valence electrons. The number of rotatable bonds is 3. The number of fused-ring (bicyclic) bond motifs is 1. The topological polar surface area (TPSA) is 48.1 Å². The first-order valence-electron chi connectivity index (χ1n) is 6.66. The maximum absolute atomic E-state index is 6.00. The number of para-hydroxylation sites is 1. The van der Waals surface area contributed by atoms with E-state index in [1.165, 1.54) is 0 Å². The average molecular weight is 299 g/mol. The van der Waals surface area contributed by atoms with Gasteiger partial charge < -0.3 is 10.5 Å². The molecule has 3 nitrogen and oxygen atoms in total. The van der Waals surface area contributed by atoms with E-state index in [0.717, 1.165) is 27.8 Å². The molecule has 2 N–H and O–H groups in total. The van der Waals surface area contributed by atoms with E-state index >= 15 is 0 Å². The van der Waals surface area contributed by atoms with E-state index in [2.05, 4.69) is 4.98 Å². The molecule has 2 aromatic carbocycles. The van der Waals surface area contributed by atoms with Crippen molar-refractivity contribution in [3.05, 3.63) is 64.7 Å². The Morgan fingerprint density at radius 1 is 1.14 bits per heavy atom.